The number of nitrogens with one attached hydrogen (secondary N) is 1. The Balaban J connectivity index is 1.95. The second-order valence-electron chi connectivity index (χ2n) is 4.61. The molecule has 1 saturated heterocycles. The molecule has 1 aliphatic heterocycles. The van der Waals surface area contributed by atoms with Crippen molar-refractivity contribution < 1.29 is 0 Å². The number of nitrogens with zero attached hydrogens (tertiary/aromatic N) is 1. The monoisotopic (exact) mass is 316 g/mol. The molecule has 2 rings (SSSR count). The third-order valence-corrected chi connectivity index (χ3v) is 4.80. The Kier molecular flexibility index (Phi) is 4.71. The number of rotatable bonds is 3. The molecule has 1 atom stereocenters. The van der Waals surface area contributed by atoms with Crippen LogP contribution in [-0.4, -0.2) is 31.1 Å². The summed E-state index contributed by atoms with van der Waals surface area (Å²) in [6.07, 6.45) is 3.95. The van der Waals surface area contributed by atoms with Gasteiger partial charge in [-0.1, -0.05) is 24.1 Å². The van der Waals surface area contributed by atoms with E-state index in [0.717, 1.165) is 21.7 Å². The highest BCUT2D eigenvalue weighted by Crippen LogP contribution is 2.30. The van der Waals surface area contributed by atoms with E-state index in [1.807, 2.05) is 12.1 Å². The summed E-state index contributed by atoms with van der Waals surface area (Å²) in [6.45, 7) is 2.19. The van der Waals surface area contributed by atoms with Crippen molar-refractivity contribution in [1.29, 1.82) is 0 Å². The molecule has 0 radical (unpaired) electrons. The Bertz CT molecular complexity index is 384. The van der Waals surface area contributed by atoms with Crippen LogP contribution < -0.4 is 5.32 Å². The van der Waals surface area contributed by atoms with Crippen molar-refractivity contribution in [1.82, 2.24) is 4.90 Å². The van der Waals surface area contributed by atoms with Crippen molar-refractivity contribution in [3.8, 4) is 0 Å². The maximum absolute atomic E-state index is 6.07. The highest BCUT2D eigenvalue weighted by molar-refractivity contribution is 9.10. The van der Waals surface area contributed by atoms with Gasteiger partial charge in [0.2, 0.25) is 0 Å². The summed E-state index contributed by atoms with van der Waals surface area (Å²) >= 11 is 9.58. The maximum Gasteiger partial charge on any atom is 0.0593 e. The molecule has 1 aliphatic rings. The van der Waals surface area contributed by atoms with Gasteiger partial charge in [0.15, 0.2) is 0 Å². The molecule has 2 nitrogen and oxygen atoms in total. The zero-order chi connectivity index (χ0) is 12.3. The minimum absolute atomic E-state index is 0.634. The van der Waals surface area contributed by atoms with Crippen LogP contribution in [0.1, 0.15) is 19.3 Å². The molecule has 0 bridgehead atoms. The second kappa shape index (κ2) is 6.07. The fourth-order valence-corrected chi connectivity index (χ4v) is 2.85. The zero-order valence-corrected chi connectivity index (χ0v) is 12.4. The van der Waals surface area contributed by atoms with Gasteiger partial charge in [-0.3, -0.25) is 0 Å². The van der Waals surface area contributed by atoms with Gasteiger partial charge in [0.25, 0.3) is 0 Å². The molecule has 1 unspecified atom stereocenters. The van der Waals surface area contributed by atoms with E-state index in [1.54, 1.807) is 0 Å². The molecule has 17 heavy (non-hydrogen) atoms. The summed E-state index contributed by atoms with van der Waals surface area (Å²) < 4.78 is 0.958. The zero-order valence-electron chi connectivity index (χ0n) is 10.0. The number of likely N-dealkylation sites (tertiary alicyclic amines) is 1. The number of hydrogen-bond donors (Lipinski definition) is 1. The molecule has 0 amide bonds. The molecule has 1 N–H and O–H groups in total. The Morgan fingerprint density at radius 1 is 1.47 bits per heavy atom. The minimum Gasteiger partial charge on any atom is -0.383 e. The summed E-state index contributed by atoms with van der Waals surface area (Å²) in [6, 6.07) is 6.55. The fraction of sp³-hybridized carbons (Fsp3) is 0.538. The van der Waals surface area contributed by atoms with Crippen molar-refractivity contribution >= 4 is 33.2 Å². The van der Waals surface area contributed by atoms with Crippen LogP contribution in [0.25, 0.3) is 0 Å². The van der Waals surface area contributed by atoms with Gasteiger partial charge in [-0.05, 0) is 54.5 Å². The third-order valence-electron chi connectivity index (χ3n) is 3.40. The summed E-state index contributed by atoms with van der Waals surface area (Å²) in [4.78, 5) is 2.44. The van der Waals surface area contributed by atoms with E-state index in [4.69, 9.17) is 11.6 Å². The number of benzene rings is 1. The number of piperidine rings is 1. The van der Waals surface area contributed by atoms with Crippen LogP contribution >= 0.6 is 27.5 Å². The predicted molar refractivity (Wildman–Crippen MR) is 77.9 cm³/mol. The van der Waals surface area contributed by atoms with E-state index in [0.29, 0.717) is 6.04 Å². The first kappa shape index (κ1) is 13.2. The van der Waals surface area contributed by atoms with Crippen LogP contribution in [0.5, 0.6) is 0 Å². The predicted octanol–water partition coefficient (Wildman–Crippen LogP) is 4.00. The molecule has 0 spiro atoms. The first-order valence-electron chi connectivity index (χ1n) is 6.06. The van der Waals surface area contributed by atoms with E-state index < -0.39 is 0 Å². The topological polar surface area (TPSA) is 15.3 Å². The van der Waals surface area contributed by atoms with Gasteiger partial charge in [0.1, 0.15) is 0 Å². The second-order valence-corrected chi connectivity index (χ2v) is 5.81. The molecule has 1 heterocycles. The van der Waals surface area contributed by atoms with E-state index in [-0.39, 0.29) is 0 Å². The standard InChI is InChI=1S/C13H18BrClN2/c1-17-8-3-2-5-10(17)9-16-12-7-4-6-11(15)13(12)14/h4,6-7,10,16H,2-3,5,8-9H2,1H3. The Morgan fingerprint density at radius 2 is 2.29 bits per heavy atom. The molecule has 1 aromatic carbocycles. The molecule has 0 aliphatic carbocycles. The summed E-state index contributed by atoms with van der Waals surface area (Å²) in [5, 5.41) is 4.24. The first-order valence-corrected chi connectivity index (χ1v) is 7.23. The van der Waals surface area contributed by atoms with Crippen LogP contribution in [0.4, 0.5) is 5.69 Å². The fourth-order valence-electron chi connectivity index (χ4n) is 2.27. The van der Waals surface area contributed by atoms with Crippen molar-refractivity contribution in [2.75, 3.05) is 25.5 Å². The molecule has 0 aromatic heterocycles. The average molecular weight is 318 g/mol. The van der Waals surface area contributed by atoms with E-state index in [9.17, 15) is 0 Å². The lowest BCUT2D eigenvalue weighted by molar-refractivity contribution is 0.194. The SMILES string of the molecule is CN1CCCCC1CNc1cccc(Cl)c1Br. The Morgan fingerprint density at radius 3 is 3.06 bits per heavy atom. The lowest BCUT2D eigenvalue weighted by Crippen LogP contribution is -2.40. The van der Waals surface area contributed by atoms with Gasteiger partial charge >= 0.3 is 0 Å². The van der Waals surface area contributed by atoms with Crippen LogP contribution in [0.2, 0.25) is 5.02 Å². The number of likely N-dealkylation sites (N-methyl/N-ethyl adjacent to an activating group) is 1. The van der Waals surface area contributed by atoms with Crippen molar-refractivity contribution in [3.05, 3.63) is 27.7 Å². The summed E-state index contributed by atoms with van der Waals surface area (Å²) in [5.41, 5.74) is 1.08. The highest BCUT2D eigenvalue weighted by Gasteiger charge is 2.18. The summed E-state index contributed by atoms with van der Waals surface area (Å²) in [7, 11) is 2.21. The smallest absolute Gasteiger partial charge is 0.0593 e. The van der Waals surface area contributed by atoms with E-state index >= 15 is 0 Å². The van der Waals surface area contributed by atoms with Gasteiger partial charge in [-0.2, -0.15) is 0 Å². The normalized spacial score (nSPS) is 21.5. The number of hydrogen-bond acceptors (Lipinski definition) is 2. The van der Waals surface area contributed by atoms with Crippen molar-refractivity contribution in [3.63, 3.8) is 0 Å². The third kappa shape index (κ3) is 3.36. The Labute approximate surface area is 116 Å². The lowest BCUT2D eigenvalue weighted by atomic mass is 10.0. The molecule has 4 heteroatoms. The first-order chi connectivity index (χ1) is 8.18. The molecular formula is C13H18BrClN2. The van der Waals surface area contributed by atoms with Gasteiger partial charge in [0, 0.05) is 18.3 Å². The molecule has 1 aromatic rings. The molecular weight excluding hydrogens is 300 g/mol. The minimum atomic E-state index is 0.634. The molecule has 94 valence electrons. The highest BCUT2D eigenvalue weighted by atomic mass is 79.9. The maximum atomic E-state index is 6.07. The van der Waals surface area contributed by atoms with Gasteiger partial charge in [-0.15, -0.1) is 0 Å². The van der Waals surface area contributed by atoms with E-state index in [2.05, 4.69) is 39.3 Å². The van der Waals surface area contributed by atoms with Crippen molar-refractivity contribution in [2.24, 2.45) is 0 Å². The van der Waals surface area contributed by atoms with Crippen LogP contribution in [0.3, 0.4) is 0 Å². The van der Waals surface area contributed by atoms with E-state index in [1.165, 1.54) is 25.8 Å². The number of anilines is 1. The van der Waals surface area contributed by atoms with Crippen LogP contribution in [0.15, 0.2) is 22.7 Å². The van der Waals surface area contributed by atoms with Gasteiger partial charge in [-0.25, -0.2) is 0 Å². The summed E-state index contributed by atoms with van der Waals surface area (Å²) in [5.74, 6) is 0. The Hall–Kier alpha value is -0.250. The molecule has 0 saturated carbocycles. The largest absolute Gasteiger partial charge is 0.383 e. The van der Waals surface area contributed by atoms with Crippen LogP contribution in [-0.2, 0) is 0 Å². The average Bonchev–Trinajstić information content (AvgIpc) is 2.33. The van der Waals surface area contributed by atoms with Gasteiger partial charge < -0.3 is 10.2 Å². The van der Waals surface area contributed by atoms with Gasteiger partial charge in [0.05, 0.1) is 9.50 Å². The lowest BCUT2D eigenvalue weighted by Gasteiger charge is -2.32. The molecule has 1 fully saturated rings. The number of halogens is 2. The van der Waals surface area contributed by atoms with Crippen molar-refractivity contribution in [2.45, 2.75) is 25.3 Å². The van der Waals surface area contributed by atoms with Crippen LogP contribution in [0, 0.1) is 0 Å². The quantitative estimate of drug-likeness (QED) is 0.906.